The van der Waals surface area contributed by atoms with E-state index in [1.807, 2.05) is 18.2 Å². The van der Waals surface area contributed by atoms with E-state index in [1.165, 1.54) is 5.56 Å². The number of furan rings is 1. The summed E-state index contributed by atoms with van der Waals surface area (Å²) in [6.45, 7) is 2.98. The third kappa shape index (κ3) is 2.67. The van der Waals surface area contributed by atoms with Crippen LogP contribution in [0.2, 0.25) is 0 Å². The van der Waals surface area contributed by atoms with Crippen LogP contribution in [0.15, 0.2) is 57.6 Å². The summed E-state index contributed by atoms with van der Waals surface area (Å²) in [5, 5.41) is 8.28. The molecule has 5 nitrogen and oxygen atoms in total. The fraction of sp³-hybridized carbons (Fsp3) is 0.294. The average molecular weight is 295 g/mol. The Labute approximate surface area is 128 Å². The average Bonchev–Trinajstić information content (AvgIpc) is 3.29. The first kappa shape index (κ1) is 13.3. The van der Waals surface area contributed by atoms with Gasteiger partial charge in [-0.3, -0.25) is 4.90 Å². The second-order valence-electron chi connectivity index (χ2n) is 5.63. The molecule has 1 aliphatic rings. The van der Waals surface area contributed by atoms with E-state index in [0.29, 0.717) is 23.5 Å². The highest BCUT2D eigenvalue weighted by Crippen LogP contribution is 2.29. The Hall–Kier alpha value is -2.40. The monoisotopic (exact) mass is 295 g/mol. The lowest BCUT2D eigenvalue weighted by Crippen LogP contribution is -2.19. The molecule has 1 aromatic carbocycles. The van der Waals surface area contributed by atoms with Crippen LogP contribution in [0.3, 0.4) is 0 Å². The number of hydrogen-bond donors (Lipinski definition) is 0. The first-order valence-electron chi connectivity index (χ1n) is 7.52. The van der Waals surface area contributed by atoms with E-state index in [4.69, 9.17) is 8.83 Å². The summed E-state index contributed by atoms with van der Waals surface area (Å²) in [6.07, 6.45) is 2.66. The van der Waals surface area contributed by atoms with Crippen molar-refractivity contribution >= 4 is 0 Å². The lowest BCUT2D eigenvalue weighted by atomic mass is 10.1. The number of aromatic nitrogens is 2. The van der Waals surface area contributed by atoms with E-state index >= 15 is 0 Å². The standard InChI is InChI=1S/C17H17N3O2/c1-2-5-13(6-3-1)11-20-9-8-14(12-20)16-18-19-17(22-16)15-7-4-10-21-15/h1-7,10,14H,8-9,11-12H2/t14-/m0/s1. The maximum atomic E-state index is 5.77. The van der Waals surface area contributed by atoms with Crippen LogP contribution in [0, 0.1) is 0 Å². The van der Waals surface area contributed by atoms with Gasteiger partial charge in [0, 0.05) is 13.1 Å². The van der Waals surface area contributed by atoms with Crippen molar-refractivity contribution in [1.29, 1.82) is 0 Å². The van der Waals surface area contributed by atoms with Gasteiger partial charge in [-0.2, -0.15) is 0 Å². The molecule has 0 amide bonds. The second-order valence-corrected chi connectivity index (χ2v) is 5.63. The Balaban J connectivity index is 1.42. The Morgan fingerprint density at radius 3 is 2.82 bits per heavy atom. The molecule has 5 heteroatoms. The molecule has 1 saturated heterocycles. The highest BCUT2D eigenvalue weighted by molar-refractivity contribution is 5.42. The molecule has 0 radical (unpaired) electrons. The molecule has 0 aliphatic carbocycles. The van der Waals surface area contributed by atoms with Crippen LogP contribution >= 0.6 is 0 Å². The van der Waals surface area contributed by atoms with Gasteiger partial charge < -0.3 is 8.83 Å². The quantitative estimate of drug-likeness (QED) is 0.739. The number of likely N-dealkylation sites (tertiary alicyclic amines) is 1. The van der Waals surface area contributed by atoms with Crippen LogP contribution in [-0.4, -0.2) is 28.2 Å². The number of hydrogen-bond acceptors (Lipinski definition) is 5. The third-order valence-corrected chi connectivity index (χ3v) is 4.04. The van der Waals surface area contributed by atoms with Gasteiger partial charge in [-0.05, 0) is 30.7 Å². The van der Waals surface area contributed by atoms with Crippen molar-refractivity contribution in [3.05, 3.63) is 60.2 Å². The van der Waals surface area contributed by atoms with Crippen molar-refractivity contribution in [3.63, 3.8) is 0 Å². The van der Waals surface area contributed by atoms with Gasteiger partial charge in [0.2, 0.25) is 5.89 Å². The molecule has 0 saturated carbocycles. The maximum Gasteiger partial charge on any atom is 0.283 e. The lowest BCUT2D eigenvalue weighted by Gasteiger charge is -2.14. The first-order valence-corrected chi connectivity index (χ1v) is 7.52. The summed E-state index contributed by atoms with van der Waals surface area (Å²) in [5.41, 5.74) is 1.34. The maximum absolute atomic E-state index is 5.77. The molecule has 2 aromatic heterocycles. The molecule has 1 aliphatic heterocycles. The second kappa shape index (κ2) is 5.77. The van der Waals surface area contributed by atoms with E-state index in [1.54, 1.807) is 6.26 Å². The summed E-state index contributed by atoms with van der Waals surface area (Å²) < 4.78 is 11.1. The summed E-state index contributed by atoms with van der Waals surface area (Å²) in [4.78, 5) is 2.43. The minimum Gasteiger partial charge on any atom is -0.459 e. The van der Waals surface area contributed by atoms with Crippen molar-refractivity contribution in [1.82, 2.24) is 15.1 Å². The van der Waals surface area contributed by atoms with Crippen molar-refractivity contribution in [3.8, 4) is 11.7 Å². The molecule has 112 valence electrons. The normalized spacial score (nSPS) is 18.8. The summed E-state index contributed by atoms with van der Waals surface area (Å²) in [5.74, 6) is 2.10. The van der Waals surface area contributed by atoms with Gasteiger partial charge in [0.1, 0.15) is 0 Å². The van der Waals surface area contributed by atoms with E-state index in [2.05, 4.69) is 39.4 Å². The molecule has 1 atom stereocenters. The fourth-order valence-corrected chi connectivity index (χ4v) is 2.92. The first-order chi connectivity index (χ1) is 10.9. The molecule has 22 heavy (non-hydrogen) atoms. The third-order valence-electron chi connectivity index (χ3n) is 4.04. The predicted octanol–water partition coefficient (Wildman–Crippen LogP) is 3.32. The topological polar surface area (TPSA) is 55.3 Å². The Bertz CT molecular complexity index is 721. The predicted molar refractivity (Wildman–Crippen MR) is 81.1 cm³/mol. The van der Waals surface area contributed by atoms with Gasteiger partial charge in [0.25, 0.3) is 5.89 Å². The van der Waals surface area contributed by atoms with Crippen LogP contribution < -0.4 is 0 Å². The van der Waals surface area contributed by atoms with Crippen molar-refractivity contribution in [2.75, 3.05) is 13.1 Å². The molecule has 0 N–H and O–H groups in total. The van der Waals surface area contributed by atoms with Crippen molar-refractivity contribution in [2.45, 2.75) is 18.9 Å². The van der Waals surface area contributed by atoms with Crippen LogP contribution in [-0.2, 0) is 6.54 Å². The van der Waals surface area contributed by atoms with E-state index in [9.17, 15) is 0 Å². The molecule has 0 spiro atoms. The summed E-state index contributed by atoms with van der Waals surface area (Å²) >= 11 is 0. The van der Waals surface area contributed by atoms with Crippen LogP contribution in [0.5, 0.6) is 0 Å². The fourth-order valence-electron chi connectivity index (χ4n) is 2.92. The lowest BCUT2D eigenvalue weighted by molar-refractivity contribution is 0.320. The Kier molecular flexibility index (Phi) is 3.48. The molecule has 3 aromatic rings. The van der Waals surface area contributed by atoms with Crippen LogP contribution in [0.4, 0.5) is 0 Å². The zero-order valence-corrected chi connectivity index (χ0v) is 12.2. The molecule has 3 heterocycles. The van der Waals surface area contributed by atoms with E-state index < -0.39 is 0 Å². The molecular weight excluding hydrogens is 278 g/mol. The molecule has 0 unspecified atom stereocenters. The SMILES string of the molecule is c1ccc(CN2CC[C@H](c3nnc(-c4ccco4)o3)C2)cc1. The summed E-state index contributed by atoms with van der Waals surface area (Å²) in [7, 11) is 0. The zero-order valence-electron chi connectivity index (χ0n) is 12.2. The Morgan fingerprint density at radius 2 is 2.00 bits per heavy atom. The minimum atomic E-state index is 0.305. The van der Waals surface area contributed by atoms with Crippen molar-refractivity contribution < 1.29 is 8.83 Å². The number of rotatable bonds is 4. The minimum absolute atomic E-state index is 0.305. The largest absolute Gasteiger partial charge is 0.459 e. The van der Waals surface area contributed by atoms with Gasteiger partial charge in [0.05, 0.1) is 12.2 Å². The van der Waals surface area contributed by atoms with Crippen molar-refractivity contribution in [2.24, 2.45) is 0 Å². The van der Waals surface area contributed by atoms with Crippen LogP contribution in [0.1, 0.15) is 23.8 Å². The highest BCUT2D eigenvalue weighted by Gasteiger charge is 2.28. The van der Waals surface area contributed by atoms with Gasteiger partial charge >= 0.3 is 0 Å². The van der Waals surface area contributed by atoms with Gasteiger partial charge in [-0.15, -0.1) is 10.2 Å². The van der Waals surface area contributed by atoms with Crippen LogP contribution in [0.25, 0.3) is 11.7 Å². The molecule has 4 rings (SSSR count). The number of benzene rings is 1. The molecule has 1 fully saturated rings. The van der Waals surface area contributed by atoms with E-state index in [-0.39, 0.29) is 0 Å². The summed E-state index contributed by atoms with van der Waals surface area (Å²) in [6, 6.07) is 14.2. The van der Waals surface area contributed by atoms with Gasteiger partial charge in [0.15, 0.2) is 5.76 Å². The van der Waals surface area contributed by atoms with Gasteiger partial charge in [-0.1, -0.05) is 30.3 Å². The zero-order chi connectivity index (χ0) is 14.8. The molecular formula is C17H17N3O2. The highest BCUT2D eigenvalue weighted by atomic mass is 16.4. The van der Waals surface area contributed by atoms with Gasteiger partial charge in [-0.25, -0.2) is 0 Å². The Morgan fingerprint density at radius 1 is 1.09 bits per heavy atom. The van der Waals surface area contributed by atoms with E-state index in [0.717, 1.165) is 26.1 Å². The number of nitrogens with zero attached hydrogens (tertiary/aromatic N) is 3. The smallest absolute Gasteiger partial charge is 0.283 e. The molecule has 0 bridgehead atoms.